The van der Waals surface area contributed by atoms with Gasteiger partial charge in [0.1, 0.15) is 0 Å². The first-order valence-corrected chi connectivity index (χ1v) is 7.03. The van der Waals surface area contributed by atoms with Gasteiger partial charge in [0.15, 0.2) is 0 Å². The van der Waals surface area contributed by atoms with Gasteiger partial charge in [-0.1, -0.05) is 17.7 Å². The summed E-state index contributed by atoms with van der Waals surface area (Å²) in [5.74, 6) is 0. The molecule has 0 atom stereocenters. The van der Waals surface area contributed by atoms with E-state index in [1.807, 2.05) is 26.0 Å². The smallest absolute Gasteiger partial charge is 0.207 e. The molecule has 0 aliphatic carbocycles. The summed E-state index contributed by atoms with van der Waals surface area (Å²) in [5, 5.41) is 0. The molecule has 0 unspecified atom stereocenters. The first kappa shape index (κ1) is 11.6. The van der Waals surface area contributed by atoms with Crippen molar-refractivity contribution < 1.29 is 8.42 Å². The van der Waals surface area contributed by atoms with E-state index in [-0.39, 0.29) is 0 Å². The third kappa shape index (κ3) is 1.99. The molecule has 4 heteroatoms. The molecule has 0 saturated carbocycles. The van der Waals surface area contributed by atoms with E-state index in [1.165, 1.54) is 0 Å². The lowest BCUT2D eigenvalue weighted by Gasteiger charge is -2.17. The second-order valence-corrected chi connectivity index (χ2v) is 6.29. The Balaban J connectivity index is 2.42. The van der Waals surface area contributed by atoms with Crippen LogP contribution in [0.25, 0.3) is 0 Å². The van der Waals surface area contributed by atoms with Crippen LogP contribution in [0.3, 0.4) is 0 Å². The summed E-state index contributed by atoms with van der Waals surface area (Å²) < 4.78 is 26.2. The Bertz CT molecular complexity index is 488. The maximum Gasteiger partial charge on any atom is 0.243 e. The lowest BCUT2D eigenvalue weighted by molar-refractivity contribution is 0.477. The van der Waals surface area contributed by atoms with Gasteiger partial charge in [0.2, 0.25) is 10.0 Å². The summed E-state index contributed by atoms with van der Waals surface area (Å²) >= 11 is 0. The summed E-state index contributed by atoms with van der Waals surface area (Å²) in [6.07, 6.45) is 1.95. The van der Waals surface area contributed by atoms with Crippen LogP contribution in [-0.2, 0) is 10.0 Å². The Kier molecular flexibility index (Phi) is 3.04. The Morgan fingerprint density at radius 1 is 1.12 bits per heavy atom. The fraction of sp³-hybridized carbons (Fsp3) is 0.500. The molecule has 1 aromatic rings. The highest BCUT2D eigenvalue weighted by Gasteiger charge is 2.28. The zero-order chi connectivity index (χ0) is 11.8. The molecule has 0 N–H and O–H groups in total. The van der Waals surface area contributed by atoms with E-state index in [0.29, 0.717) is 18.0 Å². The summed E-state index contributed by atoms with van der Waals surface area (Å²) in [4.78, 5) is 0.458. The first-order chi connectivity index (χ1) is 7.51. The number of hydrogen-bond donors (Lipinski definition) is 0. The number of sulfonamides is 1. The minimum absolute atomic E-state index is 0.458. The highest BCUT2D eigenvalue weighted by Crippen LogP contribution is 2.23. The molecule has 3 nitrogen and oxygen atoms in total. The number of rotatable bonds is 2. The van der Waals surface area contributed by atoms with Crippen LogP contribution < -0.4 is 0 Å². The van der Waals surface area contributed by atoms with Crippen molar-refractivity contribution in [3.8, 4) is 0 Å². The molecule has 0 bridgehead atoms. The maximum atomic E-state index is 12.3. The van der Waals surface area contributed by atoms with Crippen molar-refractivity contribution in [1.29, 1.82) is 0 Å². The minimum atomic E-state index is -3.25. The average molecular weight is 239 g/mol. The van der Waals surface area contributed by atoms with Crippen LogP contribution in [-0.4, -0.2) is 25.8 Å². The second-order valence-electron chi connectivity index (χ2n) is 4.38. The highest BCUT2D eigenvalue weighted by molar-refractivity contribution is 7.89. The van der Waals surface area contributed by atoms with E-state index in [0.717, 1.165) is 24.0 Å². The van der Waals surface area contributed by atoms with Crippen molar-refractivity contribution in [1.82, 2.24) is 4.31 Å². The molecule has 1 aromatic carbocycles. The van der Waals surface area contributed by atoms with E-state index in [9.17, 15) is 8.42 Å². The van der Waals surface area contributed by atoms with Gasteiger partial charge < -0.3 is 0 Å². The largest absolute Gasteiger partial charge is 0.243 e. The number of nitrogens with zero attached hydrogens (tertiary/aromatic N) is 1. The maximum absolute atomic E-state index is 12.3. The van der Waals surface area contributed by atoms with Crippen LogP contribution in [0.5, 0.6) is 0 Å². The van der Waals surface area contributed by atoms with Crippen LogP contribution >= 0.6 is 0 Å². The van der Waals surface area contributed by atoms with Gasteiger partial charge in [-0.2, -0.15) is 4.31 Å². The van der Waals surface area contributed by atoms with Crippen molar-refractivity contribution in [3.63, 3.8) is 0 Å². The fourth-order valence-corrected chi connectivity index (χ4v) is 3.88. The second kappa shape index (κ2) is 4.18. The molecule has 88 valence electrons. The highest BCUT2D eigenvalue weighted by atomic mass is 32.2. The minimum Gasteiger partial charge on any atom is -0.207 e. The van der Waals surface area contributed by atoms with Gasteiger partial charge in [-0.3, -0.25) is 0 Å². The van der Waals surface area contributed by atoms with E-state index >= 15 is 0 Å². The SMILES string of the molecule is Cc1ccc(S(=O)(=O)N2CCCC2)c(C)c1. The van der Waals surface area contributed by atoms with Gasteiger partial charge in [0.05, 0.1) is 4.90 Å². The lowest BCUT2D eigenvalue weighted by atomic mass is 10.2. The van der Waals surface area contributed by atoms with E-state index in [2.05, 4.69) is 0 Å². The zero-order valence-electron chi connectivity index (χ0n) is 9.73. The summed E-state index contributed by atoms with van der Waals surface area (Å²) in [7, 11) is -3.25. The van der Waals surface area contributed by atoms with Gasteiger partial charge in [-0.15, -0.1) is 0 Å². The Morgan fingerprint density at radius 2 is 1.75 bits per heavy atom. The summed E-state index contributed by atoms with van der Waals surface area (Å²) in [6, 6.07) is 5.50. The Hall–Kier alpha value is -0.870. The molecule has 1 aliphatic heterocycles. The Labute approximate surface area is 97.1 Å². The molecule has 1 heterocycles. The van der Waals surface area contributed by atoms with Gasteiger partial charge in [0.25, 0.3) is 0 Å². The number of benzene rings is 1. The molecular formula is C12H17NO2S. The molecule has 0 amide bonds. The average Bonchev–Trinajstić information content (AvgIpc) is 2.69. The topological polar surface area (TPSA) is 37.4 Å². The zero-order valence-corrected chi connectivity index (χ0v) is 10.5. The Morgan fingerprint density at radius 3 is 2.31 bits per heavy atom. The van der Waals surface area contributed by atoms with Crippen LogP contribution in [0.1, 0.15) is 24.0 Å². The molecule has 2 rings (SSSR count). The fourth-order valence-electron chi connectivity index (χ4n) is 2.16. The molecule has 1 saturated heterocycles. The first-order valence-electron chi connectivity index (χ1n) is 5.59. The monoisotopic (exact) mass is 239 g/mol. The summed E-state index contributed by atoms with van der Waals surface area (Å²) in [6.45, 7) is 5.15. The quantitative estimate of drug-likeness (QED) is 0.792. The molecule has 1 aliphatic rings. The molecule has 16 heavy (non-hydrogen) atoms. The number of aryl methyl sites for hydroxylation is 2. The van der Waals surface area contributed by atoms with Crippen LogP contribution in [0.15, 0.2) is 23.1 Å². The summed E-state index contributed by atoms with van der Waals surface area (Å²) in [5.41, 5.74) is 1.93. The predicted octanol–water partition coefficient (Wildman–Crippen LogP) is 2.09. The van der Waals surface area contributed by atoms with Crippen molar-refractivity contribution in [3.05, 3.63) is 29.3 Å². The standard InChI is InChI=1S/C12H17NO2S/c1-10-5-6-12(11(2)9-10)16(14,15)13-7-3-4-8-13/h5-6,9H,3-4,7-8H2,1-2H3. The van der Waals surface area contributed by atoms with Crippen molar-refractivity contribution in [2.75, 3.05) is 13.1 Å². The van der Waals surface area contributed by atoms with Gasteiger partial charge in [0, 0.05) is 13.1 Å². The predicted molar refractivity (Wildman–Crippen MR) is 63.9 cm³/mol. The van der Waals surface area contributed by atoms with E-state index < -0.39 is 10.0 Å². The van der Waals surface area contributed by atoms with Gasteiger partial charge in [-0.25, -0.2) is 8.42 Å². The lowest BCUT2D eigenvalue weighted by Crippen LogP contribution is -2.28. The third-order valence-corrected chi connectivity index (χ3v) is 5.07. The van der Waals surface area contributed by atoms with Crippen molar-refractivity contribution >= 4 is 10.0 Å². The third-order valence-electron chi connectivity index (χ3n) is 3.01. The van der Waals surface area contributed by atoms with Crippen molar-refractivity contribution in [2.45, 2.75) is 31.6 Å². The van der Waals surface area contributed by atoms with Crippen molar-refractivity contribution in [2.24, 2.45) is 0 Å². The van der Waals surface area contributed by atoms with Crippen LogP contribution in [0.4, 0.5) is 0 Å². The van der Waals surface area contributed by atoms with Crippen LogP contribution in [0, 0.1) is 13.8 Å². The normalized spacial score (nSPS) is 17.9. The van der Waals surface area contributed by atoms with E-state index in [1.54, 1.807) is 10.4 Å². The molecule has 0 aromatic heterocycles. The van der Waals surface area contributed by atoms with E-state index in [4.69, 9.17) is 0 Å². The van der Waals surface area contributed by atoms with Crippen LogP contribution in [0.2, 0.25) is 0 Å². The van der Waals surface area contributed by atoms with Gasteiger partial charge in [-0.05, 0) is 38.3 Å². The van der Waals surface area contributed by atoms with Gasteiger partial charge >= 0.3 is 0 Å². The molecule has 1 fully saturated rings. The molecule has 0 radical (unpaired) electrons. The molecular weight excluding hydrogens is 222 g/mol. The number of hydrogen-bond acceptors (Lipinski definition) is 2. The molecule has 0 spiro atoms.